The minimum absolute atomic E-state index is 0.0568. The number of alkyl halides is 3. The highest BCUT2D eigenvalue weighted by Crippen LogP contribution is 2.38. The van der Waals surface area contributed by atoms with Crippen LogP contribution in [-0.2, 0) is 0 Å². The van der Waals surface area contributed by atoms with Gasteiger partial charge in [-0.25, -0.2) is 0 Å². The van der Waals surface area contributed by atoms with Crippen LogP contribution >= 0.6 is 0 Å². The van der Waals surface area contributed by atoms with Crippen LogP contribution in [0.4, 0.5) is 13.2 Å². The van der Waals surface area contributed by atoms with E-state index in [1.807, 2.05) is 0 Å². The van der Waals surface area contributed by atoms with Gasteiger partial charge in [0.05, 0.1) is 19.1 Å². The Morgan fingerprint density at radius 3 is 2.71 bits per heavy atom. The van der Waals surface area contributed by atoms with Crippen molar-refractivity contribution < 1.29 is 27.4 Å². The molecule has 6 heteroatoms. The summed E-state index contributed by atoms with van der Waals surface area (Å²) in [4.78, 5) is 12.2. The van der Waals surface area contributed by atoms with Crippen LogP contribution < -0.4 is 9.47 Å². The van der Waals surface area contributed by atoms with E-state index >= 15 is 0 Å². The van der Waals surface area contributed by atoms with E-state index in [4.69, 9.17) is 9.47 Å². The predicted molar refractivity (Wildman–Crippen MR) is 70.9 cm³/mol. The minimum Gasteiger partial charge on any atom is -0.497 e. The van der Waals surface area contributed by atoms with Crippen LogP contribution in [0.3, 0.4) is 0 Å². The zero-order valence-corrected chi connectivity index (χ0v) is 11.9. The van der Waals surface area contributed by atoms with Gasteiger partial charge in [0.25, 0.3) is 0 Å². The van der Waals surface area contributed by atoms with E-state index in [1.165, 1.54) is 7.11 Å². The Morgan fingerprint density at radius 1 is 1.38 bits per heavy atom. The van der Waals surface area contributed by atoms with Gasteiger partial charge in [0.15, 0.2) is 5.78 Å². The Morgan fingerprint density at radius 2 is 2.10 bits per heavy atom. The number of rotatable bonds is 4. The molecule has 0 fully saturated rings. The molecular formula is C15H17F3O3. The number of hydrogen-bond donors (Lipinski definition) is 0. The lowest BCUT2D eigenvalue weighted by Crippen LogP contribution is -2.39. The number of fused-ring (bicyclic) bond motifs is 1. The van der Waals surface area contributed by atoms with Crippen molar-refractivity contribution in [3.05, 3.63) is 23.8 Å². The monoisotopic (exact) mass is 302 g/mol. The molecule has 1 aliphatic rings. The summed E-state index contributed by atoms with van der Waals surface area (Å²) < 4.78 is 47.4. The van der Waals surface area contributed by atoms with Crippen molar-refractivity contribution in [1.82, 2.24) is 0 Å². The van der Waals surface area contributed by atoms with E-state index in [0.717, 1.165) is 0 Å². The third kappa shape index (κ3) is 3.89. The van der Waals surface area contributed by atoms with Crippen LogP contribution in [0.25, 0.3) is 0 Å². The van der Waals surface area contributed by atoms with Crippen molar-refractivity contribution in [2.75, 3.05) is 7.11 Å². The van der Waals surface area contributed by atoms with Gasteiger partial charge >= 0.3 is 6.18 Å². The number of hydrogen-bond acceptors (Lipinski definition) is 3. The van der Waals surface area contributed by atoms with Crippen molar-refractivity contribution in [2.45, 2.75) is 44.4 Å². The Labute approximate surface area is 121 Å². The van der Waals surface area contributed by atoms with Crippen LogP contribution in [-0.4, -0.2) is 24.7 Å². The van der Waals surface area contributed by atoms with Crippen molar-refractivity contribution in [2.24, 2.45) is 0 Å². The molecule has 0 amide bonds. The minimum atomic E-state index is -4.18. The molecule has 0 saturated carbocycles. The lowest BCUT2D eigenvalue weighted by atomic mass is 9.87. The van der Waals surface area contributed by atoms with Crippen molar-refractivity contribution in [1.29, 1.82) is 0 Å². The summed E-state index contributed by atoms with van der Waals surface area (Å²) in [5.74, 6) is 0.817. The fourth-order valence-corrected chi connectivity index (χ4v) is 2.48. The zero-order valence-electron chi connectivity index (χ0n) is 11.9. The third-order valence-corrected chi connectivity index (χ3v) is 3.54. The van der Waals surface area contributed by atoms with Crippen LogP contribution in [0, 0.1) is 0 Å². The van der Waals surface area contributed by atoms with Gasteiger partial charge < -0.3 is 9.47 Å². The Bertz CT molecular complexity index is 539. The van der Waals surface area contributed by atoms with Gasteiger partial charge in [-0.15, -0.1) is 0 Å². The second-order valence-corrected chi connectivity index (χ2v) is 5.48. The van der Waals surface area contributed by atoms with Gasteiger partial charge in [-0.1, -0.05) is 0 Å². The van der Waals surface area contributed by atoms with E-state index < -0.39 is 18.2 Å². The smallest absolute Gasteiger partial charge is 0.389 e. The number of carbonyl (C=O) groups is 1. The number of ketones is 1. The van der Waals surface area contributed by atoms with Gasteiger partial charge in [-0.2, -0.15) is 13.2 Å². The molecule has 0 bridgehead atoms. The summed E-state index contributed by atoms with van der Waals surface area (Å²) in [6.07, 6.45) is -4.84. The standard InChI is InChI=1S/C15H17F3O3/c1-14(6-3-7-15(16,17)18)9-12(19)11-8-10(20-2)4-5-13(11)21-14/h4-5,8H,3,6-7,9H2,1-2H3. The Kier molecular flexibility index (Phi) is 4.16. The molecule has 1 aliphatic heterocycles. The first-order valence-electron chi connectivity index (χ1n) is 6.69. The Hall–Kier alpha value is -1.72. The second kappa shape index (κ2) is 5.58. The summed E-state index contributed by atoms with van der Waals surface area (Å²) in [6.45, 7) is 1.68. The highest BCUT2D eigenvalue weighted by atomic mass is 19.4. The zero-order chi connectivity index (χ0) is 15.7. The van der Waals surface area contributed by atoms with Gasteiger partial charge in [0.1, 0.15) is 17.1 Å². The molecule has 1 atom stereocenters. The number of carbonyl (C=O) groups excluding carboxylic acids is 1. The highest BCUT2D eigenvalue weighted by Gasteiger charge is 2.37. The molecule has 1 aromatic rings. The molecule has 1 unspecified atom stereocenters. The second-order valence-electron chi connectivity index (χ2n) is 5.48. The van der Waals surface area contributed by atoms with Crippen LogP contribution in [0.5, 0.6) is 11.5 Å². The fraction of sp³-hybridized carbons (Fsp3) is 0.533. The van der Waals surface area contributed by atoms with Crippen molar-refractivity contribution in [3.8, 4) is 11.5 Å². The topological polar surface area (TPSA) is 35.5 Å². The maximum absolute atomic E-state index is 12.2. The quantitative estimate of drug-likeness (QED) is 0.838. The highest BCUT2D eigenvalue weighted by molar-refractivity contribution is 6.00. The van der Waals surface area contributed by atoms with E-state index in [1.54, 1.807) is 25.1 Å². The largest absolute Gasteiger partial charge is 0.497 e. The molecule has 1 heterocycles. The number of ether oxygens (including phenoxy) is 2. The molecule has 0 N–H and O–H groups in total. The molecular weight excluding hydrogens is 285 g/mol. The molecule has 0 aliphatic carbocycles. The summed E-state index contributed by atoms with van der Waals surface area (Å²) in [5.41, 5.74) is -0.466. The van der Waals surface area contributed by atoms with Gasteiger partial charge in [0.2, 0.25) is 0 Å². The molecule has 2 rings (SSSR count). The van der Waals surface area contributed by atoms with E-state index in [9.17, 15) is 18.0 Å². The average molecular weight is 302 g/mol. The molecule has 0 spiro atoms. The van der Waals surface area contributed by atoms with Crippen molar-refractivity contribution >= 4 is 5.78 Å². The first kappa shape index (κ1) is 15.7. The molecule has 0 saturated heterocycles. The Balaban J connectivity index is 2.10. The van der Waals surface area contributed by atoms with E-state index in [0.29, 0.717) is 17.1 Å². The normalized spacial score (nSPS) is 21.7. The molecule has 0 radical (unpaired) electrons. The van der Waals surface area contributed by atoms with Crippen LogP contribution in [0.1, 0.15) is 43.0 Å². The summed E-state index contributed by atoms with van der Waals surface area (Å²) in [5, 5.41) is 0. The molecule has 0 aromatic heterocycles. The number of halogens is 3. The van der Waals surface area contributed by atoms with Crippen LogP contribution in [0.2, 0.25) is 0 Å². The third-order valence-electron chi connectivity index (χ3n) is 3.54. The lowest BCUT2D eigenvalue weighted by molar-refractivity contribution is -0.137. The number of methoxy groups -OCH3 is 1. The first-order chi connectivity index (χ1) is 9.72. The van der Waals surface area contributed by atoms with Gasteiger partial charge in [-0.05, 0) is 38.0 Å². The molecule has 116 valence electrons. The van der Waals surface area contributed by atoms with E-state index in [2.05, 4.69) is 0 Å². The summed E-state index contributed by atoms with van der Waals surface area (Å²) in [7, 11) is 1.50. The molecule has 21 heavy (non-hydrogen) atoms. The fourth-order valence-electron chi connectivity index (χ4n) is 2.48. The summed E-state index contributed by atoms with van der Waals surface area (Å²) in [6, 6.07) is 4.87. The average Bonchev–Trinajstić information content (AvgIpc) is 2.36. The molecule has 1 aromatic carbocycles. The number of Topliss-reactive ketones (excluding diaryl/α,β-unsaturated/α-hetero) is 1. The first-order valence-corrected chi connectivity index (χ1v) is 6.69. The molecule has 3 nitrogen and oxygen atoms in total. The summed E-state index contributed by atoms with van der Waals surface area (Å²) >= 11 is 0. The predicted octanol–water partition coefficient (Wildman–Crippen LogP) is 4.15. The van der Waals surface area contributed by atoms with Crippen molar-refractivity contribution in [3.63, 3.8) is 0 Å². The maximum atomic E-state index is 12.2. The SMILES string of the molecule is COc1ccc2c(c1)C(=O)CC(C)(CCCC(F)(F)F)O2. The van der Waals surface area contributed by atoms with E-state index in [-0.39, 0.29) is 25.0 Å². The number of benzene rings is 1. The maximum Gasteiger partial charge on any atom is 0.389 e. The van der Waals surface area contributed by atoms with Gasteiger partial charge in [-0.3, -0.25) is 4.79 Å². The van der Waals surface area contributed by atoms with Gasteiger partial charge in [0, 0.05) is 6.42 Å². The lowest BCUT2D eigenvalue weighted by Gasteiger charge is -2.35. The van der Waals surface area contributed by atoms with Crippen LogP contribution in [0.15, 0.2) is 18.2 Å².